The topological polar surface area (TPSA) is 96.2 Å². The van der Waals surface area contributed by atoms with Crippen molar-refractivity contribution in [2.45, 2.75) is 20.8 Å². The number of para-hydroxylation sites is 2. The average molecular weight is 460 g/mol. The van der Waals surface area contributed by atoms with Gasteiger partial charge in [0, 0.05) is 11.4 Å². The monoisotopic (exact) mass is 459 g/mol. The van der Waals surface area contributed by atoms with Gasteiger partial charge in [0.25, 0.3) is 5.91 Å². The second-order valence-corrected chi connectivity index (χ2v) is 8.42. The zero-order chi connectivity index (χ0) is 23.1. The lowest BCUT2D eigenvalue weighted by Gasteiger charge is -2.20. The number of nitrogens with zero attached hydrogens (tertiary/aromatic N) is 4. The SMILES string of the molecule is CCOc1ccccc1-n1c(C)cc(/C=C2/C(=N)N3N=C(c4ccco4)SC3=NC2=O)c1C. The van der Waals surface area contributed by atoms with Crippen molar-refractivity contribution >= 4 is 39.8 Å². The summed E-state index contributed by atoms with van der Waals surface area (Å²) in [5, 5.41) is 15.3. The molecule has 8 nitrogen and oxygen atoms in total. The molecule has 1 aromatic carbocycles. The molecule has 2 aliphatic heterocycles. The summed E-state index contributed by atoms with van der Waals surface area (Å²) in [4.78, 5) is 17.0. The number of aromatic nitrogens is 1. The number of aliphatic imine (C=N–C) groups is 1. The molecule has 0 bridgehead atoms. The number of hydrazone groups is 1. The molecule has 1 N–H and O–H groups in total. The number of hydrogen-bond acceptors (Lipinski definition) is 6. The predicted octanol–water partition coefficient (Wildman–Crippen LogP) is 4.75. The minimum atomic E-state index is -0.464. The molecule has 0 atom stereocenters. The number of thioether (sulfide) groups is 1. The fraction of sp³-hybridized carbons (Fsp3) is 0.167. The smallest absolute Gasteiger partial charge is 0.283 e. The van der Waals surface area contributed by atoms with E-state index in [1.165, 1.54) is 16.8 Å². The molecule has 0 aliphatic carbocycles. The van der Waals surface area contributed by atoms with Gasteiger partial charge < -0.3 is 13.7 Å². The molecule has 0 spiro atoms. The van der Waals surface area contributed by atoms with Crippen LogP contribution in [0.25, 0.3) is 11.8 Å². The third-order valence-corrected chi connectivity index (χ3v) is 6.29. The number of benzene rings is 1. The first-order valence-electron chi connectivity index (χ1n) is 10.4. The van der Waals surface area contributed by atoms with Gasteiger partial charge >= 0.3 is 0 Å². The molecular formula is C24H21N5O3S. The third-order valence-electron chi connectivity index (χ3n) is 5.36. The number of ether oxygens (including phenoxy) is 1. The van der Waals surface area contributed by atoms with Crippen LogP contribution in [0.5, 0.6) is 5.75 Å². The summed E-state index contributed by atoms with van der Waals surface area (Å²) in [6.45, 7) is 6.49. The van der Waals surface area contributed by atoms with Crippen LogP contribution >= 0.6 is 11.8 Å². The number of fused-ring (bicyclic) bond motifs is 1. The van der Waals surface area contributed by atoms with Crippen molar-refractivity contribution in [3.05, 3.63) is 77.0 Å². The summed E-state index contributed by atoms with van der Waals surface area (Å²) in [5.74, 6) is 0.873. The fourth-order valence-corrected chi connectivity index (χ4v) is 4.73. The summed E-state index contributed by atoms with van der Waals surface area (Å²) in [6.07, 6.45) is 3.26. The molecule has 33 heavy (non-hydrogen) atoms. The van der Waals surface area contributed by atoms with E-state index < -0.39 is 5.91 Å². The van der Waals surface area contributed by atoms with Crippen LogP contribution < -0.4 is 4.74 Å². The van der Waals surface area contributed by atoms with Crippen molar-refractivity contribution in [2.24, 2.45) is 10.1 Å². The number of amidine groups is 2. The summed E-state index contributed by atoms with van der Waals surface area (Å²) < 4.78 is 13.3. The maximum Gasteiger partial charge on any atom is 0.283 e. The lowest BCUT2D eigenvalue weighted by Crippen LogP contribution is -2.35. The van der Waals surface area contributed by atoms with E-state index in [1.807, 2.05) is 51.1 Å². The second kappa shape index (κ2) is 8.25. The Bertz CT molecular complexity index is 1360. The first-order chi connectivity index (χ1) is 16.0. The van der Waals surface area contributed by atoms with Gasteiger partial charge in [0.15, 0.2) is 16.6 Å². The molecule has 166 valence electrons. The Kier molecular flexibility index (Phi) is 5.26. The summed E-state index contributed by atoms with van der Waals surface area (Å²) >= 11 is 1.21. The molecule has 0 fully saturated rings. The highest BCUT2D eigenvalue weighted by Gasteiger charge is 2.37. The standard InChI is InChI=1S/C24H21N5O3S/c1-4-31-19-9-6-5-8-18(19)28-14(2)12-16(15(28)3)13-17-21(25)29-24(26-22(17)30)33-23(27-29)20-10-7-11-32-20/h5-13,25H,4H2,1-3H3/b17-13-,25-21?. The molecule has 2 aromatic heterocycles. The fourth-order valence-electron chi connectivity index (χ4n) is 3.87. The zero-order valence-electron chi connectivity index (χ0n) is 18.3. The number of nitrogens with one attached hydrogen (secondary N) is 1. The third kappa shape index (κ3) is 3.60. The van der Waals surface area contributed by atoms with Crippen LogP contribution in [-0.2, 0) is 4.79 Å². The summed E-state index contributed by atoms with van der Waals surface area (Å²) in [7, 11) is 0. The minimum Gasteiger partial charge on any atom is -0.492 e. The number of furan rings is 1. The Hall–Kier alpha value is -3.85. The lowest BCUT2D eigenvalue weighted by molar-refractivity contribution is -0.114. The molecule has 3 aromatic rings. The summed E-state index contributed by atoms with van der Waals surface area (Å²) in [5.41, 5.74) is 3.85. The van der Waals surface area contributed by atoms with Crippen molar-refractivity contribution in [2.75, 3.05) is 6.61 Å². The van der Waals surface area contributed by atoms with Gasteiger partial charge in [-0.15, -0.1) is 0 Å². The molecule has 0 radical (unpaired) electrons. The van der Waals surface area contributed by atoms with Crippen molar-refractivity contribution in [3.63, 3.8) is 0 Å². The molecule has 2 aliphatic rings. The van der Waals surface area contributed by atoms with Crippen LogP contribution in [0.1, 0.15) is 29.6 Å². The van der Waals surface area contributed by atoms with E-state index in [0.717, 1.165) is 28.4 Å². The summed E-state index contributed by atoms with van der Waals surface area (Å²) in [6, 6.07) is 13.4. The largest absolute Gasteiger partial charge is 0.492 e. The van der Waals surface area contributed by atoms with E-state index in [-0.39, 0.29) is 11.4 Å². The average Bonchev–Trinajstić information content (AvgIpc) is 3.52. The van der Waals surface area contributed by atoms with Gasteiger partial charge in [0.05, 0.1) is 24.1 Å². The van der Waals surface area contributed by atoms with Crippen LogP contribution in [0.4, 0.5) is 0 Å². The van der Waals surface area contributed by atoms with E-state index in [0.29, 0.717) is 22.6 Å². The van der Waals surface area contributed by atoms with Crippen LogP contribution in [0, 0.1) is 19.3 Å². The van der Waals surface area contributed by atoms with Gasteiger partial charge in [-0.05, 0) is 74.5 Å². The maximum absolute atomic E-state index is 12.8. The van der Waals surface area contributed by atoms with Crippen molar-refractivity contribution in [1.82, 2.24) is 9.58 Å². The van der Waals surface area contributed by atoms with Crippen molar-refractivity contribution in [1.29, 1.82) is 5.41 Å². The van der Waals surface area contributed by atoms with Crippen molar-refractivity contribution < 1.29 is 13.9 Å². The van der Waals surface area contributed by atoms with E-state index in [4.69, 9.17) is 14.6 Å². The highest BCUT2D eigenvalue weighted by molar-refractivity contribution is 8.27. The Morgan fingerprint density at radius 2 is 2.03 bits per heavy atom. The number of hydrogen-bond donors (Lipinski definition) is 1. The zero-order valence-corrected chi connectivity index (χ0v) is 19.1. The number of aryl methyl sites for hydroxylation is 1. The minimum absolute atomic E-state index is 0.0152. The number of carbonyl (C=O) groups is 1. The van der Waals surface area contributed by atoms with Crippen LogP contribution in [-0.4, -0.2) is 38.1 Å². The van der Waals surface area contributed by atoms with Crippen molar-refractivity contribution in [3.8, 4) is 11.4 Å². The first kappa shape index (κ1) is 21.0. The number of rotatable bonds is 5. The van der Waals surface area contributed by atoms with Crippen LogP contribution in [0.3, 0.4) is 0 Å². The number of carbonyl (C=O) groups excluding carboxylic acids is 1. The number of amides is 1. The van der Waals surface area contributed by atoms with Gasteiger partial charge in [0.2, 0.25) is 5.17 Å². The Labute approximate surface area is 194 Å². The molecule has 0 unspecified atom stereocenters. The maximum atomic E-state index is 12.8. The van der Waals surface area contributed by atoms with Gasteiger partial charge in [-0.2, -0.15) is 15.1 Å². The van der Waals surface area contributed by atoms with Gasteiger partial charge in [0.1, 0.15) is 5.75 Å². The van der Waals surface area contributed by atoms with Crippen LogP contribution in [0.15, 0.2) is 68.8 Å². The molecular weight excluding hydrogens is 438 g/mol. The van der Waals surface area contributed by atoms with Gasteiger partial charge in [-0.25, -0.2) is 0 Å². The van der Waals surface area contributed by atoms with Gasteiger partial charge in [-0.1, -0.05) is 12.1 Å². The van der Waals surface area contributed by atoms with E-state index in [1.54, 1.807) is 24.5 Å². The second-order valence-electron chi connectivity index (χ2n) is 7.47. The highest BCUT2D eigenvalue weighted by Crippen LogP contribution is 2.33. The Morgan fingerprint density at radius 3 is 2.79 bits per heavy atom. The first-order valence-corrected chi connectivity index (χ1v) is 11.2. The molecule has 4 heterocycles. The lowest BCUT2D eigenvalue weighted by atomic mass is 10.1. The van der Waals surface area contributed by atoms with E-state index >= 15 is 0 Å². The van der Waals surface area contributed by atoms with Gasteiger partial charge in [-0.3, -0.25) is 10.2 Å². The quantitative estimate of drug-likeness (QED) is 0.555. The predicted molar refractivity (Wildman–Crippen MR) is 129 cm³/mol. The molecule has 5 rings (SSSR count). The molecule has 0 saturated heterocycles. The highest BCUT2D eigenvalue weighted by atomic mass is 32.2. The molecule has 0 saturated carbocycles. The van der Waals surface area contributed by atoms with E-state index in [2.05, 4.69) is 14.7 Å². The Balaban J connectivity index is 1.53. The van der Waals surface area contributed by atoms with Crippen LogP contribution in [0.2, 0.25) is 0 Å². The molecule has 1 amide bonds. The normalized spacial score (nSPS) is 16.8. The Morgan fingerprint density at radius 1 is 1.21 bits per heavy atom. The van der Waals surface area contributed by atoms with E-state index in [9.17, 15) is 4.79 Å². The molecule has 9 heteroatoms.